The number of hydrogen-bond acceptors (Lipinski definition) is 7. The molecule has 6 nitrogen and oxygen atoms in total. The molecule has 1 aromatic heterocycles. The van der Waals surface area contributed by atoms with Gasteiger partial charge in [-0.15, -0.1) is 11.3 Å². The highest BCUT2D eigenvalue weighted by molar-refractivity contribution is 7.13. The van der Waals surface area contributed by atoms with E-state index in [1.165, 1.54) is 25.4 Å². The number of carbonyl (C=O) groups is 3. The van der Waals surface area contributed by atoms with Gasteiger partial charge in [0.25, 0.3) is 0 Å². The molecule has 0 spiro atoms. The Morgan fingerprint density at radius 2 is 1.83 bits per heavy atom. The van der Waals surface area contributed by atoms with Crippen molar-refractivity contribution in [1.29, 1.82) is 0 Å². The Balaban J connectivity index is 1.69. The van der Waals surface area contributed by atoms with Crippen molar-refractivity contribution in [3.63, 3.8) is 0 Å². The molecule has 188 valence electrons. The van der Waals surface area contributed by atoms with Crippen LogP contribution in [-0.4, -0.2) is 29.9 Å². The molecular formula is C28H34O6S. The predicted octanol–water partition coefficient (Wildman–Crippen LogP) is 5.90. The van der Waals surface area contributed by atoms with Gasteiger partial charge in [-0.25, -0.2) is 4.79 Å². The number of carbonyl (C=O) groups excluding carboxylic acids is 3. The van der Waals surface area contributed by atoms with E-state index >= 15 is 0 Å². The zero-order chi connectivity index (χ0) is 25.4. The Morgan fingerprint density at radius 1 is 1.09 bits per heavy atom. The fourth-order valence-electron chi connectivity index (χ4n) is 4.52. The number of Topliss-reactive ketones (excluding diaryl/α,β-unsaturated/α-hetero) is 1. The minimum Gasteiger partial charge on any atom is -0.465 e. The molecule has 0 aliphatic heterocycles. The number of rotatable bonds is 12. The number of aliphatic hydroxyl groups excluding tert-OH is 1. The van der Waals surface area contributed by atoms with Gasteiger partial charge in [-0.1, -0.05) is 50.5 Å². The van der Waals surface area contributed by atoms with Crippen molar-refractivity contribution in [3.8, 4) is 0 Å². The van der Waals surface area contributed by atoms with Crippen LogP contribution in [-0.2, 0) is 25.5 Å². The molecule has 7 heteroatoms. The average Bonchev–Trinajstić information content (AvgIpc) is 3.43. The highest BCUT2D eigenvalue weighted by atomic mass is 32.1. The number of aliphatic hydroxyl groups is 1. The number of thiophene rings is 1. The highest BCUT2D eigenvalue weighted by Gasteiger charge is 2.38. The van der Waals surface area contributed by atoms with Crippen molar-refractivity contribution in [2.75, 3.05) is 7.11 Å². The molecule has 0 saturated heterocycles. The van der Waals surface area contributed by atoms with Crippen molar-refractivity contribution in [3.05, 3.63) is 69.1 Å². The Bertz CT molecular complexity index is 1050. The van der Waals surface area contributed by atoms with Gasteiger partial charge >= 0.3 is 11.9 Å². The zero-order valence-corrected chi connectivity index (χ0v) is 21.4. The van der Waals surface area contributed by atoms with Gasteiger partial charge in [0.15, 0.2) is 5.76 Å². The topological polar surface area (TPSA) is 89.9 Å². The van der Waals surface area contributed by atoms with E-state index in [-0.39, 0.29) is 23.4 Å². The molecule has 0 fully saturated rings. The number of allylic oxidation sites excluding steroid dienone is 2. The molecule has 0 bridgehead atoms. The summed E-state index contributed by atoms with van der Waals surface area (Å²) in [7, 11) is 1.37. The lowest BCUT2D eigenvalue weighted by molar-refractivity contribution is -0.140. The van der Waals surface area contributed by atoms with Crippen molar-refractivity contribution >= 4 is 29.1 Å². The molecule has 1 aromatic carbocycles. The SMILES string of the molecule is CCCCCC(O)c1ccc(C2C(=O)C(OC(C)=O)=CC2CCCc2ccc(C(=O)OC)s2)cc1. The maximum absolute atomic E-state index is 13.1. The maximum atomic E-state index is 13.1. The van der Waals surface area contributed by atoms with E-state index < -0.39 is 18.0 Å². The van der Waals surface area contributed by atoms with Gasteiger partial charge in [0, 0.05) is 11.8 Å². The van der Waals surface area contributed by atoms with Crippen LogP contribution in [0.2, 0.25) is 0 Å². The third kappa shape index (κ3) is 7.12. The molecule has 1 aliphatic rings. The normalized spacial score (nSPS) is 18.3. The molecule has 1 heterocycles. The quantitative estimate of drug-likeness (QED) is 0.289. The van der Waals surface area contributed by atoms with E-state index in [0.717, 1.165) is 60.9 Å². The smallest absolute Gasteiger partial charge is 0.348 e. The summed E-state index contributed by atoms with van der Waals surface area (Å²) in [6.07, 6.45) is 7.47. The van der Waals surface area contributed by atoms with E-state index in [4.69, 9.17) is 9.47 Å². The number of esters is 2. The molecule has 1 aliphatic carbocycles. The molecule has 3 rings (SSSR count). The summed E-state index contributed by atoms with van der Waals surface area (Å²) in [4.78, 5) is 38.0. The molecule has 2 aromatic rings. The maximum Gasteiger partial charge on any atom is 0.348 e. The number of aryl methyl sites for hydroxylation is 1. The summed E-state index contributed by atoms with van der Waals surface area (Å²) < 4.78 is 9.98. The Hall–Kier alpha value is -2.77. The molecular weight excluding hydrogens is 464 g/mol. The first kappa shape index (κ1) is 26.8. The number of ether oxygens (including phenoxy) is 2. The van der Waals surface area contributed by atoms with Gasteiger partial charge in [-0.2, -0.15) is 0 Å². The van der Waals surface area contributed by atoms with E-state index in [1.807, 2.05) is 30.3 Å². The van der Waals surface area contributed by atoms with Gasteiger partial charge in [0.05, 0.1) is 19.1 Å². The van der Waals surface area contributed by atoms with Crippen molar-refractivity contribution in [2.45, 2.75) is 70.8 Å². The number of ketones is 1. The largest absolute Gasteiger partial charge is 0.465 e. The lowest BCUT2D eigenvalue weighted by atomic mass is 9.84. The molecule has 1 N–H and O–H groups in total. The second kappa shape index (κ2) is 12.8. The molecule has 3 unspecified atom stereocenters. The Kier molecular flexibility index (Phi) is 9.81. The summed E-state index contributed by atoms with van der Waals surface area (Å²) in [6, 6.07) is 11.3. The van der Waals surface area contributed by atoms with Crippen molar-refractivity contribution in [1.82, 2.24) is 0 Å². The first-order chi connectivity index (χ1) is 16.8. The van der Waals surface area contributed by atoms with Crippen LogP contribution < -0.4 is 0 Å². The monoisotopic (exact) mass is 498 g/mol. The standard InChI is InChI=1S/C28H34O6S/c1-4-5-6-10-23(30)19-11-13-20(14-12-19)26-21(17-24(27(26)31)34-18(2)29)8-7-9-22-15-16-25(35-22)28(32)33-3/h11-17,21,23,26,30H,4-10H2,1-3H3. The second-order valence-corrected chi connectivity index (χ2v) is 10.1. The Morgan fingerprint density at radius 3 is 2.49 bits per heavy atom. The van der Waals surface area contributed by atoms with Gasteiger partial charge < -0.3 is 14.6 Å². The van der Waals surface area contributed by atoms with Gasteiger partial charge in [0.2, 0.25) is 5.78 Å². The predicted molar refractivity (Wildman–Crippen MR) is 135 cm³/mol. The van der Waals surface area contributed by atoms with Crippen LogP contribution >= 0.6 is 11.3 Å². The minimum absolute atomic E-state index is 0.0998. The lowest BCUT2D eigenvalue weighted by Gasteiger charge is -2.19. The van der Waals surface area contributed by atoms with Crippen LogP contribution in [0.25, 0.3) is 0 Å². The summed E-state index contributed by atoms with van der Waals surface area (Å²) in [6.45, 7) is 3.43. The highest BCUT2D eigenvalue weighted by Crippen LogP contribution is 2.40. The fourth-order valence-corrected chi connectivity index (χ4v) is 5.49. The molecule has 0 amide bonds. The Labute approximate surface area is 211 Å². The van der Waals surface area contributed by atoms with Crippen LogP contribution in [0.4, 0.5) is 0 Å². The molecule has 3 atom stereocenters. The first-order valence-electron chi connectivity index (χ1n) is 12.2. The fraction of sp³-hybridized carbons (Fsp3) is 0.464. The van der Waals surface area contributed by atoms with Gasteiger partial charge in [-0.05, 0) is 60.9 Å². The third-order valence-corrected chi connectivity index (χ3v) is 7.47. The molecule has 35 heavy (non-hydrogen) atoms. The van der Waals surface area contributed by atoms with Crippen LogP contribution in [0.3, 0.4) is 0 Å². The first-order valence-corrected chi connectivity index (χ1v) is 13.0. The van der Waals surface area contributed by atoms with Crippen LogP contribution in [0.1, 0.15) is 90.1 Å². The minimum atomic E-state index is -0.513. The van der Waals surface area contributed by atoms with E-state index in [9.17, 15) is 19.5 Å². The summed E-state index contributed by atoms with van der Waals surface area (Å²) in [5.41, 5.74) is 1.70. The number of unbranched alkanes of at least 4 members (excludes halogenated alkanes) is 2. The van der Waals surface area contributed by atoms with E-state index in [2.05, 4.69) is 6.92 Å². The van der Waals surface area contributed by atoms with Gasteiger partial charge in [-0.3, -0.25) is 9.59 Å². The molecule has 0 radical (unpaired) electrons. The zero-order valence-electron chi connectivity index (χ0n) is 20.6. The third-order valence-electron chi connectivity index (χ3n) is 6.34. The number of hydrogen-bond donors (Lipinski definition) is 1. The van der Waals surface area contributed by atoms with E-state index in [0.29, 0.717) is 4.88 Å². The van der Waals surface area contributed by atoms with Crippen molar-refractivity contribution in [2.24, 2.45) is 5.92 Å². The van der Waals surface area contributed by atoms with Gasteiger partial charge in [0.1, 0.15) is 4.88 Å². The number of benzene rings is 1. The lowest BCUT2D eigenvalue weighted by Crippen LogP contribution is -2.17. The summed E-state index contributed by atoms with van der Waals surface area (Å²) in [5, 5.41) is 10.5. The summed E-state index contributed by atoms with van der Waals surface area (Å²) >= 11 is 1.42. The van der Waals surface area contributed by atoms with E-state index in [1.54, 1.807) is 12.1 Å². The number of methoxy groups -OCH3 is 1. The van der Waals surface area contributed by atoms with Crippen LogP contribution in [0.15, 0.2) is 48.2 Å². The van der Waals surface area contributed by atoms with Crippen LogP contribution in [0.5, 0.6) is 0 Å². The average molecular weight is 499 g/mol. The van der Waals surface area contributed by atoms with Crippen molar-refractivity contribution < 1.29 is 29.0 Å². The van der Waals surface area contributed by atoms with Crippen LogP contribution in [0, 0.1) is 5.92 Å². The summed E-state index contributed by atoms with van der Waals surface area (Å²) in [5.74, 6) is -1.45. The molecule has 0 saturated carbocycles. The second-order valence-electron chi connectivity index (χ2n) is 8.96.